The van der Waals surface area contributed by atoms with Crippen LogP contribution in [0.25, 0.3) is 0 Å². The molecule has 0 radical (unpaired) electrons. The summed E-state index contributed by atoms with van der Waals surface area (Å²) in [6, 6.07) is 2.77. The van der Waals surface area contributed by atoms with E-state index in [-0.39, 0.29) is 5.02 Å². The fraction of sp³-hybridized carbons (Fsp3) is 0.500. The Hall–Kier alpha value is -0.780. The van der Waals surface area contributed by atoms with Crippen LogP contribution in [0.5, 0.6) is 0 Å². The lowest BCUT2D eigenvalue weighted by molar-refractivity contribution is 0.0181. The molecule has 1 atom stereocenters. The number of nitrogens with one attached hydrogen (secondary N) is 1. The molecule has 0 spiro atoms. The summed E-state index contributed by atoms with van der Waals surface area (Å²) in [5.41, 5.74) is 0.360. The quantitative estimate of drug-likeness (QED) is 0.914. The maximum absolute atomic E-state index is 13.2. The van der Waals surface area contributed by atoms with Crippen molar-refractivity contribution < 1.29 is 13.2 Å². The molecule has 1 N–H and O–H groups in total. The number of alkyl halides is 2. The van der Waals surface area contributed by atoms with Gasteiger partial charge in [-0.05, 0) is 17.7 Å². The Bertz CT molecular complexity index is 408. The molecular formula is C12H14ClF3N2. The molecule has 100 valence electrons. The van der Waals surface area contributed by atoms with Crippen molar-refractivity contribution in [3.63, 3.8) is 0 Å². The van der Waals surface area contributed by atoms with E-state index in [1.807, 2.05) is 0 Å². The van der Waals surface area contributed by atoms with E-state index in [9.17, 15) is 13.2 Å². The molecule has 0 amide bonds. The maximum Gasteiger partial charge on any atom is 0.258 e. The molecule has 0 aliphatic carbocycles. The smallest absolute Gasteiger partial charge is 0.258 e. The summed E-state index contributed by atoms with van der Waals surface area (Å²) in [5.74, 6) is -0.589. The largest absolute Gasteiger partial charge is 0.314 e. The Balaban J connectivity index is 2.25. The number of piperazine rings is 1. The van der Waals surface area contributed by atoms with Crippen molar-refractivity contribution in [2.75, 3.05) is 26.2 Å². The monoisotopic (exact) mass is 278 g/mol. The van der Waals surface area contributed by atoms with E-state index in [2.05, 4.69) is 5.32 Å². The molecule has 1 aromatic rings. The van der Waals surface area contributed by atoms with E-state index in [1.54, 1.807) is 4.90 Å². The molecule has 2 nitrogen and oxygen atoms in total. The summed E-state index contributed by atoms with van der Waals surface area (Å²) in [7, 11) is 0. The number of nitrogens with zero attached hydrogens (tertiary/aromatic N) is 1. The molecule has 0 saturated carbocycles. The van der Waals surface area contributed by atoms with Crippen molar-refractivity contribution >= 4 is 11.6 Å². The normalized spacial score (nSPS) is 19.2. The summed E-state index contributed by atoms with van der Waals surface area (Å²) in [6.45, 7) is 2.45. The minimum Gasteiger partial charge on any atom is -0.314 e. The first-order valence-corrected chi connectivity index (χ1v) is 6.15. The summed E-state index contributed by atoms with van der Waals surface area (Å²) >= 11 is 5.65. The van der Waals surface area contributed by atoms with Crippen LogP contribution in [0.2, 0.25) is 5.02 Å². The van der Waals surface area contributed by atoms with Gasteiger partial charge < -0.3 is 5.32 Å². The van der Waals surface area contributed by atoms with Crippen molar-refractivity contribution in [3.8, 4) is 0 Å². The Kier molecular flexibility index (Phi) is 4.48. The molecule has 2 rings (SSSR count). The Morgan fingerprint density at radius 1 is 1.22 bits per heavy atom. The van der Waals surface area contributed by atoms with Crippen LogP contribution in [0.3, 0.4) is 0 Å². The predicted molar refractivity (Wildman–Crippen MR) is 64.6 cm³/mol. The van der Waals surface area contributed by atoms with E-state index in [1.165, 1.54) is 12.1 Å². The Morgan fingerprint density at radius 3 is 2.44 bits per heavy atom. The molecule has 0 bridgehead atoms. The second kappa shape index (κ2) is 5.91. The van der Waals surface area contributed by atoms with Gasteiger partial charge in [-0.15, -0.1) is 0 Å². The number of benzene rings is 1. The van der Waals surface area contributed by atoms with Gasteiger partial charge in [0.1, 0.15) is 5.82 Å². The first-order chi connectivity index (χ1) is 8.59. The number of hydrogen-bond acceptors (Lipinski definition) is 2. The van der Waals surface area contributed by atoms with Gasteiger partial charge in [0.25, 0.3) is 6.43 Å². The van der Waals surface area contributed by atoms with Gasteiger partial charge in [0.15, 0.2) is 0 Å². The second-order valence-corrected chi connectivity index (χ2v) is 4.65. The van der Waals surface area contributed by atoms with Gasteiger partial charge in [-0.3, -0.25) is 4.90 Å². The highest BCUT2D eigenvalue weighted by atomic mass is 35.5. The molecule has 1 aliphatic rings. The van der Waals surface area contributed by atoms with Crippen molar-refractivity contribution in [2.45, 2.75) is 12.5 Å². The minimum atomic E-state index is -2.52. The van der Waals surface area contributed by atoms with E-state index in [0.29, 0.717) is 31.7 Å². The van der Waals surface area contributed by atoms with Gasteiger partial charge >= 0.3 is 0 Å². The summed E-state index contributed by atoms with van der Waals surface area (Å²) < 4.78 is 39.5. The second-order valence-electron chi connectivity index (χ2n) is 4.24. The predicted octanol–water partition coefficient (Wildman–Crippen LogP) is 2.69. The van der Waals surface area contributed by atoms with Gasteiger partial charge in [0.2, 0.25) is 0 Å². The first-order valence-electron chi connectivity index (χ1n) is 5.77. The SMILES string of the molecule is Fc1ccc([C@@H](C(F)F)N2CCNCC2)cc1Cl. The lowest BCUT2D eigenvalue weighted by atomic mass is 10.0. The summed E-state index contributed by atoms with van der Waals surface area (Å²) in [4.78, 5) is 1.70. The molecular weight excluding hydrogens is 265 g/mol. The van der Waals surface area contributed by atoms with Crippen LogP contribution >= 0.6 is 11.6 Å². The third kappa shape index (κ3) is 2.96. The van der Waals surface area contributed by atoms with Crippen LogP contribution in [0.1, 0.15) is 11.6 Å². The van der Waals surface area contributed by atoms with Gasteiger partial charge in [0, 0.05) is 26.2 Å². The van der Waals surface area contributed by atoms with E-state index in [4.69, 9.17) is 11.6 Å². The molecule has 0 aromatic heterocycles. The van der Waals surface area contributed by atoms with Crippen LogP contribution in [-0.2, 0) is 0 Å². The molecule has 1 saturated heterocycles. The number of rotatable bonds is 3. The summed E-state index contributed by atoms with van der Waals surface area (Å²) in [6.07, 6.45) is -2.52. The molecule has 18 heavy (non-hydrogen) atoms. The van der Waals surface area contributed by atoms with Gasteiger partial charge in [-0.25, -0.2) is 13.2 Å². The van der Waals surface area contributed by atoms with Crippen molar-refractivity contribution in [2.24, 2.45) is 0 Å². The zero-order valence-corrected chi connectivity index (χ0v) is 10.4. The van der Waals surface area contributed by atoms with Gasteiger partial charge in [-0.1, -0.05) is 17.7 Å². The third-order valence-corrected chi connectivity index (χ3v) is 3.36. The lowest BCUT2D eigenvalue weighted by Crippen LogP contribution is -2.46. The van der Waals surface area contributed by atoms with Crippen LogP contribution in [0.15, 0.2) is 18.2 Å². The number of halogens is 4. The van der Waals surface area contributed by atoms with E-state index >= 15 is 0 Å². The van der Waals surface area contributed by atoms with Crippen LogP contribution < -0.4 is 5.32 Å². The lowest BCUT2D eigenvalue weighted by Gasteiger charge is -2.34. The maximum atomic E-state index is 13.2. The highest BCUT2D eigenvalue weighted by molar-refractivity contribution is 6.30. The van der Waals surface area contributed by atoms with E-state index < -0.39 is 18.3 Å². The fourth-order valence-electron chi connectivity index (χ4n) is 2.17. The fourth-order valence-corrected chi connectivity index (χ4v) is 2.36. The Morgan fingerprint density at radius 2 is 1.89 bits per heavy atom. The van der Waals surface area contributed by atoms with Crippen LogP contribution in [0.4, 0.5) is 13.2 Å². The standard InChI is InChI=1S/C12H14ClF3N2/c13-9-7-8(1-2-10(9)14)11(12(15)16)18-5-3-17-4-6-18/h1-2,7,11-12,17H,3-6H2/t11-/m0/s1. The highest BCUT2D eigenvalue weighted by Gasteiger charge is 2.30. The molecule has 1 aliphatic heterocycles. The molecule has 1 aromatic carbocycles. The first kappa shape index (κ1) is 13.6. The minimum absolute atomic E-state index is 0.117. The van der Waals surface area contributed by atoms with Gasteiger partial charge in [-0.2, -0.15) is 0 Å². The van der Waals surface area contributed by atoms with Crippen molar-refractivity contribution in [3.05, 3.63) is 34.6 Å². The van der Waals surface area contributed by atoms with Crippen LogP contribution in [-0.4, -0.2) is 37.5 Å². The molecule has 0 unspecified atom stereocenters. The third-order valence-electron chi connectivity index (χ3n) is 3.07. The average Bonchev–Trinajstić information content (AvgIpc) is 2.35. The topological polar surface area (TPSA) is 15.3 Å². The van der Waals surface area contributed by atoms with Crippen molar-refractivity contribution in [1.29, 1.82) is 0 Å². The zero-order valence-electron chi connectivity index (χ0n) is 9.67. The average molecular weight is 279 g/mol. The molecule has 6 heteroatoms. The number of hydrogen-bond donors (Lipinski definition) is 1. The van der Waals surface area contributed by atoms with E-state index in [0.717, 1.165) is 6.07 Å². The highest BCUT2D eigenvalue weighted by Crippen LogP contribution is 2.30. The van der Waals surface area contributed by atoms with Crippen LogP contribution in [0, 0.1) is 5.82 Å². The van der Waals surface area contributed by atoms with Crippen molar-refractivity contribution in [1.82, 2.24) is 10.2 Å². The molecule has 1 fully saturated rings. The van der Waals surface area contributed by atoms with Gasteiger partial charge in [0.05, 0.1) is 11.1 Å². The summed E-state index contributed by atoms with van der Waals surface area (Å²) in [5, 5.41) is 2.99. The zero-order chi connectivity index (χ0) is 13.1. The molecule has 1 heterocycles. The Labute approximate surface area is 109 Å².